The third-order valence-corrected chi connectivity index (χ3v) is 0.178. The maximum absolute atomic E-state index is 10.6. The first-order valence-corrected chi connectivity index (χ1v) is 1.22. The van der Waals surface area contributed by atoms with Gasteiger partial charge in [-0.25, -0.2) is 4.39 Å². The van der Waals surface area contributed by atoms with Crippen LogP contribution >= 0.6 is 0 Å². The minimum atomic E-state index is -4.88. The van der Waals surface area contributed by atoms with Gasteiger partial charge in [-0.15, -0.1) is 13.2 Å². The van der Waals surface area contributed by atoms with Crippen molar-refractivity contribution in [3.8, 4) is 0 Å². The monoisotopic (exact) mass is 117 g/mol. The maximum atomic E-state index is 10.6. The van der Waals surface area contributed by atoms with Gasteiger partial charge in [0, 0.05) is 0 Å². The van der Waals surface area contributed by atoms with E-state index in [0.717, 1.165) is 0 Å². The Morgan fingerprint density at radius 2 is 1.71 bits per heavy atom. The Kier molecular flexibility index (Phi) is 2.01. The topological polar surface area (TPSA) is 9.23 Å². The SMILES string of the molecule is F[CH]OC(F)(F)F. The molecule has 0 bridgehead atoms. The van der Waals surface area contributed by atoms with Crippen LogP contribution in [0.3, 0.4) is 0 Å². The van der Waals surface area contributed by atoms with Crippen LogP contribution in [0.4, 0.5) is 17.6 Å². The molecule has 43 valence electrons. The van der Waals surface area contributed by atoms with Crippen molar-refractivity contribution >= 4 is 0 Å². The van der Waals surface area contributed by atoms with Crippen molar-refractivity contribution in [3.05, 3.63) is 6.86 Å². The molecule has 0 saturated heterocycles. The zero-order valence-corrected chi connectivity index (χ0v) is 3.00. The average molecular weight is 117 g/mol. The highest BCUT2D eigenvalue weighted by molar-refractivity contribution is 4.26. The molecule has 0 heterocycles. The fourth-order valence-electron chi connectivity index (χ4n) is 0.0505. The van der Waals surface area contributed by atoms with Gasteiger partial charge in [0.25, 0.3) is 6.86 Å². The Balaban J connectivity index is 3.15. The summed E-state index contributed by atoms with van der Waals surface area (Å²) in [4.78, 5) is 0. The molecule has 0 aromatic carbocycles. The molecular weight excluding hydrogens is 116 g/mol. The van der Waals surface area contributed by atoms with Gasteiger partial charge in [-0.3, -0.25) is 4.74 Å². The van der Waals surface area contributed by atoms with E-state index < -0.39 is 13.2 Å². The van der Waals surface area contributed by atoms with Crippen molar-refractivity contribution in [1.29, 1.82) is 0 Å². The highest BCUT2D eigenvalue weighted by Gasteiger charge is 2.29. The van der Waals surface area contributed by atoms with E-state index in [0.29, 0.717) is 0 Å². The van der Waals surface area contributed by atoms with E-state index in [4.69, 9.17) is 0 Å². The molecule has 0 atom stereocenters. The van der Waals surface area contributed by atoms with Crippen LogP contribution in [0.5, 0.6) is 0 Å². The molecule has 1 nitrogen and oxygen atoms in total. The fourth-order valence-corrected chi connectivity index (χ4v) is 0.0505. The van der Waals surface area contributed by atoms with Crippen molar-refractivity contribution in [2.24, 2.45) is 0 Å². The van der Waals surface area contributed by atoms with E-state index in [1.165, 1.54) is 0 Å². The van der Waals surface area contributed by atoms with E-state index in [9.17, 15) is 17.6 Å². The lowest BCUT2D eigenvalue weighted by atomic mass is 11.3. The van der Waals surface area contributed by atoms with Crippen LogP contribution in [0, 0.1) is 6.86 Å². The first-order chi connectivity index (χ1) is 3.06. The largest absolute Gasteiger partial charge is 0.525 e. The standard InChI is InChI=1S/C2HF4O/c3-1-7-2(4,5)6/h1H. The van der Waals surface area contributed by atoms with E-state index in [1.807, 2.05) is 0 Å². The molecule has 0 aromatic rings. The highest BCUT2D eigenvalue weighted by atomic mass is 19.4. The summed E-state index contributed by atoms with van der Waals surface area (Å²) in [6, 6.07) is 0. The van der Waals surface area contributed by atoms with Crippen LogP contribution < -0.4 is 0 Å². The molecule has 0 saturated carbocycles. The van der Waals surface area contributed by atoms with Gasteiger partial charge in [0.1, 0.15) is 0 Å². The second-order valence-corrected chi connectivity index (χ2v) is 0.653. The molecule has 0 spiro atoms. The summed E-state index contributed by atoms with van der Waals surface area (Å²) in [6.07, 6.45) is -4.88. The lowest BCUT2D eigenvalue weighted by molar-refractivity contribution is -0.317. The molecule has 7 heavy (non-hydrogen) atoms. The molecular formula is C2HF4O. The fraction of sp³-hybridized carbons (Fsp3) is 0.500. The van der Waals surface area contributed by atoms with Gasteiger partial charge >= 0.3 is 6.36 Å². The van der Waals surface area contributed by atoms with Crippen LogP contribution in [-0.4, -0.2) is 6.36 Å². The van der Waals surface area contributed by atoms with Crippen LogP contribution in [0.1, 0.15) is 0 Å². The summed E-state index contributed by atoms with van der Waals surface area (Å²) >= 11 is 0. The van der Waals surface area contributed by atoms with E-state index in [2.05, 4.69) is 4.74 Å². The zero-order chi connectivity index (χ0) is 5.91. The third-order valence-electron chi connectivity index (χ3n) is 0.178. The Hall–Kier alpha value is -0.320. The molecule has 0 aliphatic rings. The number of hydrogen-bond acceptors (Lipinski definition) is 1. The van der Waals surface area contributed by atoms with Gasteiger partial charge in [-0.1, -0.05) is 0 Å². The van der Waals surface area contributed by atoms with Crippen molar-refractivity contribution < 1.29 is 22.3 Å². The van der Waals surface area contributed by atoms with Crippen molar-refractivity contribution in [2.45, 2.75) is 6.36 Å². The quantitative estimate of drug-likeness (QED) is 0.474. The normalized spacial score (nSPS) is 12.0. The molecule has 0 amide bonds. The van der Waals surface area contributed by atoms with Crippen LogP contribution in [-0.2, 0) is 4.74 Å². The molecule has 0 aliphatic heterocycles. The van der Waals surface area contributed by atoms with Crippen LogP contribution in [0.2, 0.25) is 0 Å². The molecule has 0 fully saturated rings. The Morgan fingerprint density at radius 3 is 1.71 bits per heavy atom. The van der Waals surface area contributed by atoms with E-state index in [1.54, 1.807) is 0 Å². The number of hydrogen-bond donors (Lipinski definition) is 0. The van der Waals surface area contributed by atoms with Gasteiger partial charge in [0.2, 0.25) is 0 Å². The average Bonchev–Trinajstić information content (AvgIpc) is 1.30. The van der Waals surface area contributed by atoms with Gasteiger partial charge in [0.15, 0.2) is 0 Å². The third kappa shape index (κ3) is 5.68. The summed E-state index contributed by atoms with van der Waals surface area (Å²) in [5.41, 5.74) is 0. The molecule has 0 aliphatic carbocycles. The summed E-state index contributed by atoms with van der Waals surface area (Å²) in [5.74, 6) is 0. The summed E-state index contributed by atoms with van der Waals surface area (Å²) < 4.78 is 44.5. The van der Waals surface area contributed by atoms with Crippen LogP contribution in [0.15, 0.2) is 0 Å². The van der Waals surface area contributed by atoms with Gasteiger partial charge in [-0.2, -0.15) is 0 Å². The van der Waals surface area contributed by atoms with Crippen molar-refractivity contribution in [3.63, 3.8) is 0 Å². The second-order valence-electron chi connectivity index (χ2n) is 0.653. The van der Waals surface area contributed by atoms with E-state index in [-0.39, 0.29) is 0 Å². The number of alkyl halides is 3. The zero-order valence-electron chi connectivity index (χ0n) is 3.00. The molecule has 1 radical (unpaired) electrons. The number of rotatable bonds is 1. The van der Waals surface area contributed by atoms with Crippen molar-refractivity contribution in [2.75, 3.05) is 0 Å². The summed E-state index contributed by atoms with van der Waals surface area (Å²) in [5, 5.41) is 0. The Bertz CT molecular complexity index is 48.1. The van der Waals surface area contributed by atoms with Gasteiger partial charge < -0.3 is 0 Å². The predicted molar refractivity (Wildman–Crippen MR) is 12.5 cm³/mol. The van der Waals surface area contributed by atoms with E-state index >= 15 is 0 Å². The molecule has 0 unspecified atom stereocenters. The molecule has 0 N–H and O–H groups in total. The van der Waals surface area contributed by atoms with Crippen LogP contribution in [0.25, 0.3) is 0 Å². The first kappa shape index (κ1) is 6.68. The van der Waals surface area contributed by atoms with Crippen molar-refractivity contribution in [1.82, 2.24) is 0 Å². The van der Waals surface area contributed by atoms with Gasteiger partial charge in [-0.05, 0) is 0 Å². The minimum Gasteiger partial charge on any atom is -0.251 e. The number of ether oxygens (including phenoxy) is 1. The second kappa shape index (κ2) is 2.11. The molecule has 5 heteroatoms. The maximum Gasteiger partial charge on any atom is 0.525 e. The lowest BCUT2D eigenvalue weighted by Crippen LogP contribution is -2.09. The molecule has 0 rings (SSSR count). The Labute approximate surface area is 36.9 Å². The minimum absolute atomic E-state index is 0.917. The Morgan fingerprint density at radius 1 is 1.29 bits per heavy atom. The van der Waals surface area contributed by atoms with Gasteiger partial charge in [0.05, 0.1) is 0 Å². The summed E-state index contributed by atoms with van der Waals surface area (Å²) in [6.45, 7) is -0.917. The first-order valence-electron chi connectivity index (χ1n) is 1.22. The number of halogens is 4. The summed E-state index contributed by atoms with van der Waals surface area (Å²) in [7, 11) is 0. The predicted octanol–water partition coefficient (Wildman–Crippen LogP) is 1.61. The lowest BCUT2D eigenvalue weighted by Gasteiger charge is -1.98. The highest BCUT2D eigenvalue weighted by Crippen LogP contribution is 2.16. The smallest absolute Gasteiger partial charge is 0.251 e. The molecule has 0 aromatic heterocycles.